The molecule has 7 nitrogen and oxygen atoms in total. The van der Waals surface area contributed by atoms with Gasteiger partial charge in [-0.15, -0.1) is 0 Å². The van der Waals surface area contributed by atoms with Crippen LogP contribution in [0.1, 0.15) is 51.5 Å². The number of piperidine rings is 1. The van der Waals surface area contributed by atoms with Gasteiger partial charge in [-0.2, -0.15) is 0 Å². The van der Waals surface area contributed by atoms with Crippen molar-refractivity contribution in [1.29, 1.82) is 0 Å². The van der Waals surface area contributed by atoms with Crippen molar-refractivity contribution in [2.24, 2.45) is 5.41 Å². The molecule has 2 fully saturated rings. The van der Waals surface area contributed by atoms with Gasteiger partial charge in [0.25, 0.3) is 0 Å². The van der Waals surface area contributed by atoms with Crippen LogP contribution in [0.3, 0.4) is 0 Å². The molecule has 0 bridgehead atoms. The van der Waals surface area contributed by atoms with Gasteiger partial charge in [-0.05, 0) is 57.2 Å². The number of likely N-dealkylation sites (tertiary alicyclic amines) is 1. The summed E-state index contributed by atoms with van der Waals surface area (Å²) in [6.45, 7) is 5.74. The Bertz CT molecular complexity index is 806. The zero-order valence-electron chi connectivity index (χ0n) is 19.0. The van der Waals surface area contributed by atoms with Crippen molar-refractivity contribution in [2.75, 3.05) is 26.3 Å². The summed E-state index contributed by atoms with van der Waals surface area (Å²) in [6.07, 6.45) is 3.97. The van der Waals surface area contributed by atoms with Gasteiger partial charge >= 0.3 is 0 Å². The van der Waals surface area contributed by atoms with E-state index in [2.05, 4.69) is 10.6 Å². The van der Waals surface area contributed by atoms with E-state index in [4.69, 9.17) is 16.3 Å². The lowest BCUT2D eigenvalue weighted by atomic mass is 9.73. The lowest BCUT2D eigenvalue weighted by molar-refractivity contribution is -0.142. The van der Waals surface area contributed by atoms with Crippen LogP contribution in [-0.2, 0) is 25.5 Å². The van der Waals surface area contributed by atoms with Gasteiger partial charge in [-0.1, -0.05) is 30.2 Å². The van der Waals surface area contributed by atoms with E-state index in [0.717, 1.165) is 24.8 Å². The van der Waals surface area contributed by atoms with E-state index in [0.29, 0.717) is 50.6 Å². The van der Waals surface area contributed by atoms with Crippen LogP contribution < -0.4 is 10.6 Å². The van der Waals surface area contributed by atoms with Crippen LogP contribution in [0.5, 0.6) is 0 Å². The van der Waals surface area contributed by atoms with Crippen LogP contribution in [0, 0.1) is 5.41 Å². The molecule has 2 N–H and O–H groups in total. The second-order valence-corrected chi connectivity index (χ2v) is 9.54. The van der Waals surface area contributed by atoms with Crippen molar-refractivity contribution in [3.8, 4) is 0 Å². The van der Waals surface area contributed by atoms with Gasteiger partial charge in [-0.25, -0.2) is 0 Å². The quantitative estimate of drug-likeness (QED) is 0.705. The number of amides is 3. The number of benzene rings is 1. The molecule has 0 unspecified atom stereocenters. The Kier molecular flexibility index (Phi) is 8.54. The zero-order valence-corrected chi connectivity index (χ0v) is 19.7. The minimum Gasteiger partial charge on any atom is -0.379 e. The Balaban J connectivity index is 1.64. The van der Waals surface area contributed by atoms with E-state index in [1.807, 2.05) is 24.0 Å². The monoisotopic (exact) mass is 463 g/mol. The Hall–Kier alpha value is -2.12. The van der Waals surface area contributed by atoms with E-state index in [1.165, 1.54) is 0 Å². The predicted molar refractivity (Wildman–Crippen MR) is 123 cm³/mol. The summed E-state index contributed by atoms with van der Waals surface area (Å²) in [5.41, 5.74) is 0.360. The average Bonchev–Trinajstić information content (AvgIpc) is 2.77. The molecule has 1 aromatic rings. The third kappa shape index (κ3) is 6.45. The molecule has 8 heteroatoms. The van der Waals surface area contributed by atoms with Gasteiger partial charge < -0.3 is 20.3 Å². The highest BCUT2D eigenvalue weighted by atomic mass is 35.5. The summed E-state index contributed by atoms with van der Waals surface area (Å²) in [5, 5.41) is 6.47. The number of hydrogen-bond donors (Lipinski definition) is 2. The molecule has 2 aliphatic rings. The maximum atomic E-state index is 13.3. The molecule has 0 aliphatic carbocycles. The molecule has 1 spiro atoms. The smallest absolute Gasteiger partial charge is 0.242 e. The number of halogens is 1. The third-order valence-electron chi connectivity index (χ3n) is 6.51. The molecule has 3 rings (SSSR count). The zero-order chi connectivity index (χ0) is 23.1. The highest BCUT2D eigenvalue weighted by Crippen LogP contribution is 2.37. The van der Waals surface area contributed by atoms with Gasteiger partial charge in [-0.3, -0.25) is 14.4 Å². The van der Waals surface area contributed by atoms with Crippen molar-refractivity contribution < 1.29 is 19.1 Å². The number of carbonyl (C=O) groups excluding carboxylic acids is 3. The Morgan fingerprint density at radius 1 is 1.09 bits per heavy atom. The second kappa shape index (κ2) is 11.1. The summed E-state index contributed by atoms with van der Waals surface area (Å²) >= 11 is 5.93. The normalized spacial score (nSPS) is 25.2. The summed E-state index contributed by atoms with van der Waals surface area (Å²) in [5.74, 6) is -0.237. The Morgan fingerprint density at radius 3 is 2.47 bits per heavy atom. The molecular formula is C24H34ClN3O4. The number of carbonyl (C=O) groups is 3. The topological polar surface area (TPSA) is 87.7 Å². The summed E-state index contributed by atoms with van der Waals surface area (Å²) in [7, 11) is 0. The standard InChI is InChI=1S/C24H34ClN3O4/c1-17-16-32-14-4-3-9-24(23(31)27-18(2)22(30)26-17)10-12-28(13-11-24)21(29)15-19-5-7-20(25)8-6-19/h5-8,17-18H,3-4,9-16H2,1-2H3,(H,26,30)(H,27,31)/t17-,18-/m0/s1. The molecule has 2 heterocycles. The summed E-state index contributed by atoms with van der Waals surface area (Å²) in [4.78, 5) is 40.4. The molecule has 0 aromatic heterocycles. The summed E-state index contributed by atoms with van der Waals surface area (Å²) in [6, 6.07) is 6.58. The number of nitrogens with one attached hydrogen (secondary N) is 2. The van der Waals surface area contributed by atoms with Crippen molar-refractivity contribution in [3.05, 3.63) is 34.9 Å². The highest BCUT2D eigenvalue weighted by molar-refractivity contribution is 6.30. The maximum Gasteiger partial charge on any atom is 0.242 e. The Morgan fingerprint density at radius 2 is 1.78 bits per heavy atom. The fourth-order valence-corrected chi connectivity index (χ4v) is 4.54. The molecule has 176 valence electrons. The van der Waals surface area contributed by atoms with Crippen LogP contribution in [-0.4, -0.2) is 61.0 Å². The van der Waals surface area contributed by atoms with E-state index in [-0.39, 0.29) is 23.8 Å². The van der Waals surface area contributed by atoms with Crippen molar-refractivity contribution in [2.45, 2.75) is 64.5 Å². The first-order valence-electron chi connectivity index (χ1n) is 11.5. The van der Waals surface area contributed by atoms with Crippen molar-refractivity contribution in [3.63, 3.8) is 0 Å². The fraction of sp³-hybridized carbons (Fsp3) is 0.625. The molecule has 0 radical (unpaired) electrons. The van der Waals surface area contributed by atoms with Gasteiger partial charge in [0, 0.05) is 30.8 Å². The van der Waals surface area contributed by atoms with Crippen LogP contribution in [0.25, 0.3) is 0 Å². The van der Waals surface area contributed by atoms with Gasteiger partial charge in [0.15, 0.2) is 0 Å². The molecule has 2 aliphatic heterocycles. The van der Waals surface area contributed by atoms with E-state index < -0.39 is 11.5 Å². The highest BCUT2D eigenvalue weighted by Gasteiger charge is 2.42. The maximum absolute atomic E-state index is 13.3. The van der Waals surface area contributed by atoms with E-state index >= 15 is 0 Å². The average molecular weight is 464 g/mol. The molecule has 1 aromatic carbocycles. The van der Waals surface area contributed by atoms with Crippen molar-refractivity contribution >= 4 is 29.3 Å². The third-order valence-corrected chi connectivity index (χ3v) is 6.77. The lowest BCUT2D eigenvalue weighted by Crippen LogP contribution is -2.55. The molecule has 2 atom stereocenters. The number of ether oxygens (including phenoxy) is 1. The lowest BCUT2D eigenvalue weighted by Gasteiger charge is -2.41. The SMILES string of the molecule is C[C@@H]1NC(=O)C2(CCCCOC[C@H](C)NC1=O)CCN(C(=O)Cc1ccc(Cl)cc1)CC2. The second-order valence-electron chi connectivity index (χ2n) is 9.10. The van der Waals surface area contributed by atoms with E-state index in [9.17, 15) is 14.4 Å². The molecule has 3 amide bonds. The first-order valence-corrected chi connectivity index (χ1v) is 11.9. The molecule has 2 saturated heterocycles. The minimum atomic E-state index is -0.618. The first-order chi connectivity index (χ1) is 15.3. The summed E-state index contributed by atoms with van der Waals surface area (Å²) < 4.78 is 5.68. The number of rotatable bonds is 2. The van der Waals surface area contributed by atoms with Crippen molar-refractivity contribution in [1.82, 2.24) is 15.5 Å². The van der Waals surface area contributed by atoms with Gasteiger partial charge in [0.2, 0.25) is 17.7 Å². The molecular weight excluding hydrogens is 430 g/mol. The van der Waals surface area contributed by atoms with Crippen LogP contribution in [0.2, 0.25) is 5.02 Å². The molecule has 0 saturated carbocycles. The van der Waals surface area contributed by atoms with Crippen LogP contribution in [0.4, 0.5) is 0 Å². The van der Waals surface area contributed by atoms with Crippen LogP contribution in [0.15, 0.2) is 24.3 Å². The number of hydrogen-bond acceptors (Lipinski definition) is 4. The van der Waals surface area contributed by atoms with Gasteiger partial charge in [0.1, 0.15) is 6.04 Å². The number of nitrogens with zero attached hydrogens (tertiary/aromatic N) is 1. The fourth-order valence-electron chi connectivity index (χ4n) is 4.42. The Labute approximate surface area is 195 Å². The van der Waals surface area contributed by atoms with Crippen LogP contribution >= 0.6 is 11.6 Å². The first kappa shape index (κ1) is 24.5. The minimum absolute atomic E-state index is 0.0577. The molecule has 32 heavy (non-hydrogen) atoms. The largest absolute Gasteiger partial charge is 0.379 e. The van der Waals surface area contributed by atoms with Gasteiger partial charge in [0.05, 0.1) is 18.4 Å². The predicted octanol–water partition coefficient (Wildman–Crippen LogP) is 2.70. The van der Waals surface area contributed by atoms with E-state index in [1.54, 1.807) is 19.1 Å².